The Balaban J connectivity index is -0.000000207. The molecule has 0 spiro atoms. The number of aliphatic hydroxyl groups is 2. The molecule has 2 aliphatic carbocycles. The van der Waals surface area contributed by atoms with Gasteiger partial charge in [0, 0.05) is 161 Å². The van der Waals surface area contributed by atoms with Gasteiger partial charge in [-0.2, -0.15) is 8.42 Å². The van der Waals surface area contributed by atoms with Crippen LogP contribution in [0.15, 0.2) is 114 Å². The van der Waals surface area contributed by atoms with E-state index in [1.54, 1.807) is 116 Å². The molecule has 5 N–H and O–H groups in total. The number of hydrogen-bond donors (Lipinski definition) is 4. The van der Waals surface area contributed by atoms with Crippen LogP contribution in [-0.2, 0) is 93.9 Å². The Morgan fingerprint density at radius 2 is 0.913 bits per heavy atom. The first kappa shape index (κ1) is 160. The summed E-state index contributed by atoms with van der Waals surface area (Å²) in [5, 5.41) is 37.2. The number of hydrogen-bond acceptors (Lipinski definition) is 25. The SMILES string of the molecule is C.C1CCOC1.C1CCOC1.C1CCOC1.CC(=O)c1cc(Cl)cnc1C(C)C.CC(C)C(=O)O.CC(C)c1ncc(Cl)cc1CCl.CC(C)c1ncc(Cl)cc1CO.CC1CCc2cc(C(=O)O)cnc21.CC1CCc2cc(Cl)cnc21.CCO.CCOC(=O)CC(=O)C(C)C.CCOC(=O)C[C-]=O.CN(C)/C=C(\Cl)C=[N+](C)C.Cc1ccc(S(=O)(=O)OCc2cc(Cl)cnc2C(C)C)cc1.ClCCl.F[P-](F)(F)(F)(F)F.[H-].[K+].[Na+].[OH-]. The maximum atomic E-state index is 12.2. The standard InChI is InChI=1S/C16H18ClNO3S.C10H12ClNO.C10H11NO2.C9H11Cl2N.C9H12ClNO.C9H10ClN.C8H14O3.C7H14ClN2.C5H7O3.C4H8O2.3C4H8O.C2H6O.CH2Cl2.CH4.F6P.K.Na.H2O.H/c1-11(2)16-13(8-14(17)9-18-16)10-21-22(19,20)15-6-4-12(3)5-7-15;1-6(2)10-9(7(3)13)4-8(11)5-12-10;1-6-2-3-7-4-8(10(12)13)5-11-9(6)7;1-6(2)9-7(4-10)3-8(11)5-12-9;1-6(2)9-7(5-12)3-8(10)4-11-9;1-6-2-3-7-4-8(10)5-11-9(6)7;1-4-11-8(10)5-7(9)6(2)3;1-9(2)5-7(8)6-10(3)4;1-2-8-5(7)3-4-6;1-3(2)4(5)6;3*1-2-4-5-3-1;1-2-3;2-1-3;;1-7(2,3,4,5)6;;;;/h4-9,11H,10H2,1-3H3;4-6H,1-3H3;4-6H,2-3H2,1H3,(H,12,13);3,5-6H,4H2,1-2H3;3-4,6,12H,5H2,1-2H3;4-6H,2-3H2,1H3;6H,4-5H2,1-3H3;5-6H,1-4H3;2-3H2,1H3;3H,1-2H3,(H,5,6);3*1-4H2;3H,2H2,1H3;1H2;1H4;;;;1H2;/q;;;;;;;+1;-1;;;;;;;;-1;2*+1;;-1/p-1. The number of alkyl halides is 3. The number of carbonyl (C=O) groups excluding carboxylic acids is 5. The summed E-state index contributed by atoms with van der Waals surface area (Å²) in [6.07, 6.45) is 26.4. The summed E-state index contributed by atoms with van der Waals surface area (Å²) in [6, 6.07) is 17.3. The van der Waals surface area contributed by atoms with E-state index in [0.29, 0.717) is 79.5 Å². The Kier molecular flexibility index (Phi) is 94.1. The van der Waals surface area contributed by atoms with Gasteiger partial charge in [-0.1, -0.05) is 198 Å². The maximum Gasteiger partial charge on any atom is 1.00 e. The molecular formula is C103H155Cl9F6KN8NaO20PS-. The molecule has 0 saturated carbocycles. The van der Waals surface area contributed by atoms with E-state index in [1.807, 2.05) is 111 Å². The summed E-state index contributed by atoms with van der Waals surface area (Å²) in [7, 11) is -6.71. The molecule has 150 heavy (non-hydrogen) atoms. The van der Waals surface area contributed by atoms with Gasteiger partial charge in [0.2, 0.25) is 0 Å². The van der Waals surface area contributed by atoms with E-state index >= 15 is 0 Å². The number of aliphatic hydroxyl groups excluding tert-OH is 2. The van der Waals surface area contributed by atoms with Crippen LogP contribution in [0.3, 0.4) is 0 Å². The molecule has 3 saturated heterocycles. The van der Waals surface area contributed by atoms with Crippen LogP contribution in [-0.4, -0.2) is 215 Å². The fourth-order valence-corrected chi connectivity index (χ4v) is 14.2. The largest absolute Gasteiger partial charge is 1.00 e. The van der Waals surface area contributed by atoms with E-state index in [-0.39, 0.29) is 173 Å². The number of aromatic carboxylic acids is 1. The van der Waals surface area contributed by atoms with Crippen LogP contribution in [0.1, 0.15) is 321 Å². The van der Waals surface area contributed by atoms with Crippen molar-refractivity contribution in [3.8, 4) is 0 Å². The second-order valence-corrected chi connectivity index (χ2v) is 41.7. The number of rotatable bonds is 22. The number of ether oxygens (including phenoxy) is 5. The van der Waals surface area contributed by atoms with Gasteiger partial charge >= 0.3 is 132 Å². The number of benzene rings is 1. The zero-order chi connectivity index (χ0) is 113. The van der Waals surface area contributed by atoms with Gasteiger partial charge in [0.1, 0.15) is 31.3 Å². The van der Waals surface area contributed by atoms with Crippen molar-refractivity contribution in [2.24, 2.45) is 11.8 Å². The van der Waals surface area contributed by atoms with Crippen LogP contribution >= 0.6 is 112 Å². The number of allylic oxidation sites excluding steroid dienone is 1. The molecule has 3 aliphatic heterocycles. The predicted molar refractivity (Wildman–Crippen MR) is 585 cm³/mol. The number of fused-ring (bicyclic) bond motifs is 2. The summed E-state index contributed by atoms with van der Waals surface area (Å²) in [5.74, 6) is -0.235. The number of ketones is 2. The first-order valence-corrected chi connectivity index (χ1v) is 54.3. The third-order valence-electron chi connectivity index (χ3n) is 18.7. The number of carboxylic acids is 2. The van der Waals surface area contributed by atoms with Crippen molar-refractivity contribution in [2.75, 3.05) is 93.0 Å². The minimum atomic E-state index is -10.7. The van der Waals surface area contributed by atoms with E-state index in [4.69, 9.17) is 143 Å². The second-order valence-electron chi connectivity index (χ2n) is 34.5. The minimum absolute atomic E-state index is 0. The fraction of sp³-hybridized carbons (Fsp3) is 0.553. The molecule has 28 nitrogen and oxygen atoms in total. The molecular weight excluding hydrogens is 2230 g/mol. The topological polar surface area (TPSA) is 404 Å². The van der Waals surface area contributed by atoms with Gasteiger partial charge in [0.25, 0.3) is 16.1 Å². The summed E-state index contributed by atoms with van der Waals surface area (Å²) in [4.78, 5) is 100. The van der Waals surface area contributed by atoms with Crippen molar-refractivity contribution in [1.29, 1.82) is 0 Å². The smallest absolute Gasteiger partial charge is 1.00 e. The van der Waals surface area contributed by atoms with Crippen molar-refractivity contribution < 1.29 is 208 Å². The van der Waals surface area contributed by atoms with Crippen LogP contribution in [0.2, 0.25) is 25.1 Å². The van der Waals surface area contributed by atoms with E-state index in [0.717, 1.165) is 120 Å². The third-order valence-corrected chi connectivity index (χ3v) is 21.5. The number of carboxylic acid groups (broad SMARTS) is 2. The summed E-state index contributed by atoms with van der Waals surface area (Å²) < 4.78 is 114. The number of carbonyl (C=O) groups is 6. The molecule has 7 aromatic rings. The number of aliphatic carboxylic acids is 1. The Morgan fingerprint density at radius 3 is 1.24 bits per heavy atom. The van der Waals surface area contributed by atoms with Gasteiger partial charge in [-0.05, 0) is 200 Å². The molecule has 846 valence electrons. The van der Waals surface area contributed by atoms with Gasteiger partial charge in [0.15, 0.2) is 12.0 Å². The van der Waals surface area contributed by atoms with Gasteiger partial charge in [0.05, 0.1) is 79.0 Å². The van der Waals surface area contributed by atoms with E-state index < -0.39 is 41.8 Å². The number of pyridine rings is 6. The molecule has 3 fully saturated rings. The molecule has 1 aromatic carbocycles. The van der Waals surface area contributed by atoms with Crippen LogP contribution in [0.4, 0.5) is 25.2 Å². The number of Topliss-reactive ketones (excluding diaryl/α,β-unsaturated/α-hetero) is 2. The average Bonchev–Trinajstić information content (AvgIpc) is 1.06. The van der Waals surface area contributed by atoms with Crippen molar-refractivity contribution in [3.05, 3.63) is 213 Å². The van der Waals surface area contributed by atoms with Gasteiger partial charge in [-0.15, -0.1) is 34.8 Å². The second kappa shape index (κ2) is 88.1. The summed E-state index contributed by atoms with van der Waals surface area (Å²) in [6.45, 7) is 42.7. The van der Waals surface area contributed by atoms with Gasteiger partial charge < -0.3 is 60.7 Å². The Labute approximate surface area is 996 Å². The third kappa shape index (κ3) is 84.4. The average molecular weight is 2380 g/mol. The predicted octanol–water partition coefficient (Wildman–Crippen LogP) is 22.4. The number of aromatic nitrogens is 6. The summed E-state index contributed by atoms with van der Waals surface area (Å²) >= 11 is 50.1. The van der Waals surface area contributed by atoms with Crippen LogP contribution < -0.4 is 80.9 Å². The van der Waals surface area contributed by atoms with E-state index in [1.165, 1.54) is 87.7 Å². The molecule has 2 unspecified atom stereocenters. The first-order chi connectivity index (χ1) is 67.9. The molecule has 0 bridgehead atoms. The first-order valence-electron chi connectivity index (χ1n) is 47.0. The maximum absolute atomic E-state index is 12.2. The Bertz CT molecular complexity index is 5040. The number of esters is 2. The minimum Gasteiger partial charge on any atom is -1.00 e. The molecule has 12 rings (SSSR count). The van der Waals surface area contributed by atoms with Gasteiger partial charge in [-0.3, -0.25) is 64.3 Å². The number of aryl methyl sites for hydroxylation is 3. The Hall–Kier alpha value is -4.85. The fourth-order valence-electron chi connectivity index (χ4n) is 11.8. The van der Waals surface area contributed by atoms with Crippen LogP contribution in [0, 0.1) is 18.8 Å². The van der Waals surface area contributed by atoms with Gasteiger partial charge in [-0.25, -0.2) is 9.37 Å². The van der Waals surface area contributed by atoms with Crippen LogP contribution in [0.25, 0.3) is 0 Å². The molecule has 9 heterocycles. The quantitative estimate of drug-likeness (QED) is 0.00418. The van der Waals surface area contributed by atoms with Crippen LogP contribution in [0.5, 0.6) is 0 Å². The zero-order valence-corrected chi connectivity index (χ0v) is 104. The molecule has 0 amide bonds. The van der Waals surface area contributed by atoms with Crippen molar-refractivity contribution >= 4 is 170 Å². The Morgan fingerprint density at radius 1 is 0.573 bits per heavy atom. The molecule has 47 heteroatoms. The molecule has 6 aromatic heterocycles. The number of halogens is 15. The molecule has 5 aliphatic rings. The van der Waals surface area contributed by atoms with Crippen molar-refractivity contribution in [3.63, 3.8) is 0 Å². The monoisotopic (exact) mass is 2380 g/mol. The summed E-state index contributed by atoms with van der Waals surface area (Å²) in [5.41, 5.74) is 12.7. The van der Waals surface area contributed by atoms with Crippen molar-refractivity contribution in [2.45, 2.75) is 276 Å². The normalized spacial score (nSPS) is 13.7. The zero-order valence-electron chi connectivity index (χ0n) is 91.2. The number of nitrogens with zero attached hydrogens (tertiary/aromatic N) is 8. The van der Waals surface area contributed by atoms with Crippen molar-refractivity contribution in [1.82, 2.24) is 34.8 Å². The molecule has 0 radical (unpaired) electrons. The molecule has 2 atom stereocenters. The van der Waals surface area contributed by atoms with E-state index in [9.17, 15) is 67.2 Å². The van der Waals surface area contributed by atoms with E-state index in [2.05, 4.69) is 67.1 Å².